The van der Waals surface area contributed by atoms with Gasteiger partial charge in [-0.25, -0.2) is 0 Å². The van der Waals surface area contributed by atoms with Gasteiger partial charge in [-0.3, -0.25) is 15.1 Å². The number of aromatic nitrogens is 1. The van der Waals surface area contributed by atoms with E-state index in [2.05, 4.69) is 10.3 Å². The molecule has 5 heteroatoms. The van der Waals surface area contributed by atoms with Crippen molar-refractivity contribution in [3.63, 3.8) is 0 Å². The van der Waals surface area contributed by atoms with Crippen molar-refractivity contribution >= 4 is 5.97 Å². The second-order valence-electron chi connectivity index (χ2n) is 3.52. The van der Waals surface area contributed by atoms with E-state index < -0.39 is 12.0 Å². The maximum atomic E-state index is 10.9. The van der Waals surface area contributed by atoms with Gasteiger partial charge in [0, 0.05) is 25.5 Å². The molecule has 1 aromatic heterocycles. The lowest BCUT2D eigenvalue weighted by Gasteiger charge is -2.19. The van der Waals surface area contributed by atoms with Crippen LogP contribution >= 0.6 is 0 Å². The molecule has 1 rings (SSSR count). The predicted molar refractivity (Wildman–Crippen MR) is 59.1 cm³/mol. The van der Waals surface area contributed by atoms with Gasteiger partial charge in [0.25, 0.3) is 0 Å². The zero-order valence-electron chi connectivity index (χ0n) is 9.38. The van der Waals surface area contributed by atoms with Crippen molar-refractivity contribution in [2.24, 2.45) is 0 Å². The molecule has 1 unspecified atom stereocenters. The van der Waals surface area contributed by atoms with Gasteiger partial charge in [0.05, 0.1) is 6.61 Å². The lowest BCUT2D eigenvalue weighted by molar-refractivity contribution is -0.141. The molecule has 0 saturated carbocycles. The minimum absolute atomic E-state index is 0.0788. The molecule has 0 spiro atoms. The smallest absolute Gasteiger partial charge is 0.323 e. The van der Waals surface area contributed by atoms with E-state index >= 15 is 0 Å². The van der Waals surface area contributed by atoms with Crippen LogP contribution in [0.1, 0.15) is 18.5 Å². The van der Waals surface area contributed by atoms with Crippen LogP contribution in [-0.2, 0) is 9.53 Å². The first-order valence-electron chi connectivity index (χ1n) is 5.03. The fourth-order valence-corrected chi connectivity index (χ4v) is 1.39. The van der Waals surface area contributed by atoms with Crippen molar-refractivity contribution in [1.29, 1.82) is 0 Å². The molecule has 1 aromatic rings. The van der Waals surface area contributed by atoms with E-state index in [1.165, 1.54) is 7.11 Å². The third kappa shape index (κ3) is 3.60. The number of nitrogens with zero attached hydrogens (tertiary/aromatic N) is 1. The molecule has 0 amide bonds. The summed E-state index contributed by atoms with van der Waals surface area (Å²) in [7, 11) is 1.48. The molecule has 5 nitrogen and oxygen atoms in total. The molecule has 0 fully saturated rings. The van der Waals surface area contributed by atoms with Crippen molar-refractivity contribution in [3.8, 4) is 0 Å². The summed E-state index contributed by atoms with van der Waals surface area (Å²) in [5.41, 5.74) is 0.949. The number of hydrogen-bond donors (Lipinski definition) is 2. The quantitative estimate of drug-likeness (QED) is 0.749. The van der Waals surface area contributed by atoms with Gasteiger partial charge in [0.2, 0.25) is 0 Å². The Labute approximate surface area is 94.5 Å². The van der Waals surface area contributed by atoms with E-state index in [1.807, 2.05) is 19.1 Å². The summed E-state index contributed by atoms with van der Waals surface area (Å²) >= 11 is 0. The van der Waals surface area contributed by atoms with E-state index in [4.69, 9.17) is 9.84 Å². The average Bonchev–Trinajstić information content (AvgIpc) is 2.29. The van der Waals surface area contributed by atoms with Crippen molar-refractivity contribution in [2.75, 3.05) is 13.7 Å². The Hall–Kier alpha value is -1.46. The van der Waals surface area contributed by atoms with Crippen molar-refractivity contribution < 1.29 is 14.6 Å². The van der Waals surface area contributed by atoms with Crippen LogP contribution in [0.2, 0.25) is 0 Å². The van der Waals surface area contributed by atoms with Crippen LogP contribution in [0.15, 0.2) is 24.5 Å². The first-order valence-corrected chi connectivity index (χ1v) is 5.03. The fourth-order valence-electron chi connectivity index (χ4n) is 1.39. The monoisotopic (exact) mass is 224 g/mol. The minimum atomic E-state index is -0.919. The highest BCUT2D eigenvalue weighted by molar-refractivity contribution is 5.73. The average molecular weight is 224 g/mol. The predicted octanol–water partition coefficient (Wildman–Crippen LogP) is 0.832. The van der Waals surface area contributed by atoms with Gasteiger partial charge >= 0.3 is 5.97 Å². The Morgan fingerprint density at radius 1 is 1.69 bits per heavy atom. The molecule has 0 saturated heterocycles. The Morgan fingerprint density at radius 2 is 2.44 bits per heavy atom. The number of hydrogen-bond acceptors (Lipinski definition) is 4. The highest BCUT2D eigenvalue weighted by Crippen LogP contribution is 2.10. The molecule has 0 radical (unpaired) electrons. The third-order valence-corrected chi connectivity index (χ3v) is 2.27. The van der Waals surface area contributed by atoms with E-state index in [1.54, 1.807) is 12.4 Å². The van der Waals surface area contributed by atoms with Gasteiger partial charge in [-0.2, -0.15) is 0 Å². The third-order valence-electron chi connectivity index (χ3n) is 2.27. The van der Waals surface area contributed by atoms with E-state index in [9.17, 15) is 4.79 Å². The molecule has 0 aliphatic rings. The van der Waals surface area contributed by atoms with Crippen LogP contribution in [0.4, 0.5) is 0 Å². The Bertz CT molecular complexity index is 329. The largest absolute Gasteiger partial charge is 0.480 e. The molecule has 0 aliphatic carbocycles. The summed E-state index contributed by atoms with van der Waals surface area (Å²) in [4.78, 5) is 14.9. The summed E-state index contributed by atoms with van der Waals surface area (Å²) in [6.07, 6.45) is 3.39. The molecule has 0 aliphatic heterocycles. The Morgan fingerprint density at radius 3 is 2.94 bits per heavy atom. The van der Waals surface area contributed by atoms with Crippen LogP contribution < -0.4 is 5.32 Å². The van der Waals surface area contributed by atoms with E-state index in [-0.39, 0.29) is 12.6 Å². The molecule has 0 aromatic carbocycles. The maximum Gasteiger partial charge on any atom is 0.323 e. The highest BCUT2D eigenvalue weighted by Gasteiger charge is 2.19. The lowest BCUT2D eigenvalue weighted by Crippen LogP contribution is -2.41. The molecule has 2 N–H and O–H groups in total. The minimum Gasteiger partial charge on any atom is -0.480 e. The second-order valence-corrected chi connectivity index (χ2v) is 3.52. The van der Waals surface area contributed by atoms with Gasteiger partial charge < -0.3 is 9.84 Å². The van der Waals surface area contributed by atoms with Crippen molar-refractivity contribution in [2.45, 2.75) is 19.0 Å². The van der Waals surface area contributed by atoms with E-state index in [0.717, 1.165) is 5.56 Å². The molecular formula is C11H16N2O3. The Kier molecular flexibility index (Phi) is 4.88. The van der Waals surface area contributed by atoms with Crippen LogP contribution in [0.25, 0.3) is 0 Å². The SMILES string of the molecule is COCC(N[C@H](C)c1cccnc1)C(=O)O. The molecule has 16 heavy (non-hydrogen) atoms. The van der Waals surface area contributed by atoms with Gasteiger partial charge in [-0.15, -0.1) is 0 Å². The topological polar surface area (TPSA) is 71.5 Å². The zero-order valence-corrected chi connectivity index (χ0v) is 9.38. The summed E-state index contributed by atoms with van der Waals surface area (Å²) in [6.45, 7) is 2.03. The number of carboxylic acids is 1. The van der Waals surface area contributed by atoms with Crippen molar-refractivity contribution in [1.82, 2.24) is 10.3 Å². The summed E-state index contributed by atoms with van der Waals surface area (Å²) in [5, 5.41) is 11.9. The summed E-state index contributed by atoms with van der Waals surface area (Å²) < 4.78 is 4.84. The van der Waals surface area contributed by atoms with Crippen LogP contribution in [0.5, 0.6) is 0 Å². The number of aliphatic carboxylic acids is 1. The van der Waals surface area contributed by atoms with Crippen LogP contribution in [-0.4, -0.2) is 35.8 Å². The van der Waals surface area contributed by atoms with Gasteiger partial charge in [0.1, 0.15) is 6.04 Å². The van der Waals surface area contributed by atoms with Crippen LogP contribution in [0, 0.1) is 0 Å². The zero-order chi connectivity index (χ0) is 12.0. The number of nitrogens with one attached hydrogen (secondary N) is 1. The highest BCUT2D eigenvalue weighted by atomic mass is 16.5. The molecular weight excluding hydrogens is 208 g/mol. The first kappa shape index (κ1) is 12.6. The molecule has 1 heterocycles. The number of rotatable bonds is 6. The van der Waals surface area contributed by atoms with Gasteiger partial charge in [-0.1, -0.05) is 6.07 Å². The molecule has 88 valence electrons. The van der Waals surface area contributed by atoms with E-state index in [0.29, 0.717) is 0 Å². The van der Waals surface area contributed by atoms with Gasteiger partial charge in [-0.05, 0) is 18.6 Å². The van der Waals surface area contributed by atoms with Gasteiger partial charge in [0.15, 0.2) is 0 Å². The number of ether oxygens (including phenoxy) is 1. The molecule has 2 atom stereocenters. The Balaban J connectivity index is 2.61. The number of carboxylic acid groups (broad SMARTS) is 1. The molecule has 0 bridgehead atoms. The van der Waals surface area contributed by atoms with Crippen LogP contribution in [0.3, 0.4) is 0 Å². The number of carbonyl (C=O) groups is 1. The van der Waals surface area contributed by atoms with Crippen molar-refractivity contribution in [3.05, 3.63) is 30.1 Å². The number of methoxy groups -OCH3 is 1. The maximum absolute atomic E-state index is 10.9. The standard InChI is InChI=1S/C11H16N2O3/c1-8(9-4-3-5-12-6-9)13-10(7-16-2)11(14)15/h3-6,8,10,13H,7H2,1-2H3,(H,14,15)/t8-,10?/m1/s1. The number of pyridine rings is 1. The lowest BCUT2D eigenvalue weighted by atomic mass is 10.1. The second kappa shape index (κ2) is 6.19. The summed E-state index contributed by atoms with van der Waals surface area (Å²) in [6, 6.07) is 2.93. The fraction of sp³-hybridized carbons (Fsp3) is 0.455. The summed E-state index contributed by atoms with van der Waals surface area (Å²) in [5.74, 6) is -0.919. The first-order chi connectivity index (χ1) is 7.65. The normalized spacial score (nSPS) is 14.4.